The van der Waals surface area contributed by atoms with Crippen molar-refractivity contribution in [1.82, 2.24) is 25.0 Å². The molecular weight excluding hydrogens is 294 g/mol. The molecule has 1 fully saturated rings. The maximum atomic E-state index is 12.5. The number of hydrogen-bond acceptors (Lipinski definition) is 6. The van der Waals surface area contributed by atoms with Gasteiger partial charge < -0.3 is 9.32 Å². The van der Waals surface area contributed by atoms with Crippen LogP contribution in [0, 0.1) is 6.92 Å². The summed E-state index contributed by atoms with van der Waals surface area (Å²) >= 11 is 0. The largest absolute Gasteiger partial charge is 0.424 e. The van der Waals surface area contributed by atoms with Crippen molar-refractivity contribution in [3.8, 4) is 0 Å². The average molecular weight is 315 g/mol. The highest BCUT2D eigenvalue weighted by molar-refractivity contribution is 5.94. The molecule has 7 nitrogen and oxygen atoms in total. The third kappa shape index (κ3) is 3.56. The van der Waals surface area contributed by atoms with Gasteiger partial charge in [0.2, 0.25) is 11.8 Å². The van der Waals surface area contributed by atoms with Crippen molar-refractivity contribution < 1.29 is 9.21 Å². The van der Waals surface area contributed by atoms with Crippen LogP contribution in [0.1, 0.15) is 41.5 Å². The molecule has 2 aromatic rings. The third-order valence-corrected chi connectivity index (χ3v) is 4.19. The molecule has 1 saturated heterocycles. The fourth-order valence-corrected chi connectivity index (χ4v) is 2.84. The summed E-state index contributed by atoms with van der Waals surface area (Å²) in [6.07, 6.45) is 4.23. The second-order valence-electron chi connectivity index (χ2n) is 5.75. The van der Waals surface area contributed by atoms with E-state index in [-0.39, 0.29) is 11.9 Å². The van der Waals surface area contributed by atoms with Gasteiger partial charge >= 0.3 is 0 Å². The van der Waals surface area contributed by atoms with Gasteiger partial charge in [0, 0.05) is 51.1 Å². The van der Waals surface area contributed by atoms with Crippen LogP contribution in [-0.4, -0.2) is 57.1 Å². The van der Waals surface area contributed by atoms with Crippen molar-refractivity contribution in [3.63, 3.8) is 0 Å². The zero-order valence-electron chi connectivity index (χ0n) is 13.5. The monoisotopic (exact) mass is 315 g/mol. The van der Waals surface area contributed by atoms with E-state index in [1.807, 2.05) is 4.90 Å². The lowest BCUT2D eigenvalue weighted by Crippen LogP contribution is -2.36. The number of aryl methyl sites for hydroxylation is 1. The first-order valence-electron chi connectivity index (χ1n) is 7.88. The van der Waals surface area contributed by atoms with Gasteiger partial charge in [-0.15, -0.1) is 10.2 Å². The summed E-state index contributed by atoms with van der Waals surface area (Å²) in [5, 5.41) is 8.00. The summed E-state index contributed by atoms with van der Waals surface area (Å²) in [6, 6.07) is 3.58. The normalized spacial score (nSPS) is 17.7. The zero-order valence-corrected chi connectivity index (χ0v) is 13.5. The SMILES string of the molecule is Cc1nnc([C@@H](C)N2CCCN(C(=O)c3ccncc3)CC2)o1. The molecule has 1 aliphatic rings. The van der Waals surface area contributed by atoms with E-state index in [9.17, 15) is 4.79 Å². The van der Waals surface area contributed by atoms with Crippen LogP contribution in [0.2, 0.25) is 0 Å². The first-order chi connectivity index (χ1) is 11.1. The molecule has 1 atom stereocenters. The molecule has 122 valence electrons. The molecule has 0 aliphatic carbocycles. The molecule has 0 spiro atoms. The molecule has 3 heterocycles. The van der Waals surface area contributed by atoms with E-state index >= 15 is 0 Å². The van der Waals surface area contributed by atoms with Crippen LogP contribution in [0.25, 0.3) is 0 Å². The smallest absolute Gasteiger partial charge is 0.254 e. The van der Waals surface area contributed by atoms with Gasteiger partial charge in [0.05, 0.1) is 6.04 Å². The van der Waals surface area contributed by atoms with Crippen molar-refractivity contribution in [2.45, 2.75) is 26.3 Å². The number of hydrogen-bond donors (Lipinski definition) is 0. The molecule has 1 aliphatic heterocycles. The highest BCUT2D eigenvalue weighted by Crippen LogP contribution is 2.21. The first kappa shape index (κ1) is 15.6. The Morgan fingerprint density at radius 1 is 1.17 bits per heavy atom. The zero-order chi connectivity index (χ0) is 16.2. The molecule has 3 rings (SSSR count). The summed E-state index contributed by atoms with van der Waals surface area (Å²) in [5.74, 6) is 1.28. The van der Waals surface area contributed by atoms with E-state index in [4.69, 9.17) is 4.42 Å². The molecule has 0 bridgehead atoms. The Balaban J connectivity index is 1.64. The molecule has 0 aromatic carbocycles. The number of nitrogens with zero attached hydrogens (tertiary/aromatic N) is 5. The number of rotatable bonds is 3. The minimum Gasteiger partial charge on any atom is -0.424 e. The second-order valence-corrected chi connectivity index (χ2v) is 5.75. The van der Waals surface area contributed by atoms with E-state index in [1.54, 1.807) is 31.5 Å². The van der Waals surface area contributed by atoms with Crippen LogP contribution in [-0.2, 0) is 0 Å². The Morgan fingerprint density at radius 3 is 2.65 bits per heavy atom. The summed E-state index contributed by atoms with van der Waals surface area (Å²) < 4.78 is 5.53. The summed E-state index contributed by atoms with van der Waals surface area (Å²) in [5.41, 5.74) is 0.689. The van der Waals surface area contributed by atoms with E-state index in [2.05, 4.69) is 27.0 Å². The van der Waals surface area contributed by atoms with Crippen molar-refractivity contribution >= 4 is 5.91 Å². The van der Waals surface area contributed by atoms with E-state index in [0.717, 1.165) is 26.1 Å². The minimum absolute atomic E-state index is 0.0622. The number of aromatic nitrogens is 3. The molecule has 2 aromatic heterocycles. The fourth-order valence-electron chi connectivity index (χ4n) is 2.84. The molecule has 0 radical (unpaired) electrons. The molecule has 0 N–H and O–H groups in total. The average Bonchev–Trinajstić information content (AvgIpc) is 2.87. The Bertz CT molecular complexity index is 658. The predicted molar refractivity (Wildman–Crippen MR) is 83.8 cm³/mol. The van der Waals surface area contributed by atoms with Gasteiger partial charge in [-0.2, -0.15) is 0 Å². The molecular formula is C16H21N5O2. The molecule has 7 heteroatoms. The number of carbonyl (C=O) groups is 1. The van der Waals surface area contributed by atoms with Gasteiger partial charge in [-0.1, -0.05) is 0 Å². The Kier molecular flexibility index (Phi) is 4.66. The summed E-state index contributed by atoms with van der Waals surface area (Å²) in [7, 11) is 0. The van der Waals surface area contributed by atoms with Crippen LogP contribution in [0.15, 0.2) is 28.9 Å². The molecule has 0 saturated carbocycles. The van der Waals surface area contributed by atoms with E-state index in [0.29, 0.717) is 23.9 Å². The van der Waals surface area contributed by atoms with Gasteiger partial charge in [0.15, 0.2) is 0 Å². The van der Waals surface area contributed by atoms with Crippen LogP contribution < -0.4 is 0 Å². The summed E-state index contributed by atoms with van der Waals surface area (Å²) in [6.45, 7) is 7.00. The van der Waals surface area contributed by atoms with Crippen molar-refractivity contribution in [2.75, 3.05) is 26.2 Å². The lowest BCUT2D eigenvalue weighted by atomic mass is 10.2. The molecule has 1 amide bonds. The number of amides is 1. The van der Waals surface area contributed by atoms with Gasteiger partial charge in [0.25, 0.3) is 5.91 Å². The lowest BCUT2D eigenvalue weighted by molar-refractivity contribution is 0.0757. The predicted octanol–water partition coefficient (Wildman–Crippen LogP) is 1.68. The number of carbonyl (C=O) groups excluding carboxylic acids is 1. The van der Waals surface area contributed by atoms with Gasteiger partial charge in [-0.3, -0.25) is 14.7 Å². The topological polar surface area (TPSA) is 75.4 Å². The van der Waals surface area contributed by atoms with Gasteiger partial charge in [-0.25, -0.2) is 0 Å². The van der Waals surface area contributed by atoms with Gasteiger partial charge in [-0.05, 0) is 25.5 Å². The van der Waals surface area contributed by atoms with Crippen LogP contribution in [0.5, 0.6) is 0 Å². The van der Waals surface area contributed by atoms with Crippen molar-refractivity contribution in [3.05, 3.63) is 41.9 Å². The third-order valence-electron chi connectivity index (χ3n) is 4.19. The van der Waals surface area contributed by atoms with E-state index in [1.165, 1.54) is 0 Å². The minimum atomic E-state index is 0.0622. The Morgan fingerprint density at radius 2 is 1.96 bits per heavy atom. The highest BCUT2D eigenvalue weighted by Gasteiger charge is 2.25. The maximum Gasteiger partial charge on any atom is 0.254 e. The Labute approximate surface area is 135 Å². The van der Waals surface area contributed by atoms with Crippen LogP contribution in [0.4, 0.5) is 0 Å². The van der Waals surface area contributed by atoms with Crippen molar-refractivity contribution in [1.29, 1.82) is 0 Å². The molecule has 0 unspecified atom stereocenters. The Hall–Kier alpha value is -2.28. The second kappa shape index (κ2) is 6.87. The highest BCUT2D eigenvalue weighted by atomic mass is 16.4. The van der Waals surface area contributed by atoms with Crippen LogP contribution in [0.3, 0.4) is 0 Å². The lowest BCUT2D eigenvalue weighted by Gasteiger charge is -2.25. The van der Waals surface area contributed by atoms with E-state index < -0.39 is 0 Å². The summed E-state index contributed by atoms with van der Waals surface area (Å²) in [4.78, 5) is 20.7. The quantitative estimate of drug-likeness (QED) is 0.858. The fraction of sp³-hybridized carbons (Fsp3) is 0.500. The standard InChI is InChI=1S/C16H21N5O2/c1-12(15-19-18-13(2)23-15)20-8-3-9-21(11-10-20)16(22)14-4-6-17-7-5-14/h4-7,12H,3,8-11H2,1-2H3/t12-/m1/s1. The number of pyridine rings is 1. The van der Waals surface area contributed by atoms with Gasteiger partial charge in [0.1, 0.15) is 0 Å². The van der Waals surface area contributed by atoms with Crippen LogP contribution >= 0.6 is 0 Å². The van der Waals surface area contributed by atoms with Crippen molar-refractivity contribution in [2.24, 2.45) is 0 Å². The maximum absolute atomic E-state index is 12.5. The molecule has 23 heavy (non-hydrogen) atoms. The first-order valence-corrected chi connectivity index (χ1v) is 7.88.